The van der Waals surface area contributed by atoms with Gasteiger partial charge in [-0.05, 0) is 41.6 Å². The molecule has 1 amide bonds. The zero-order valence-electron chi connectivity index (χ0n) is 14.5. The van der Waals surface area contributed by atoms with Crippen molar-refractivity contribution in [2.45, 2.75) is 19.5 Å². The van der Waals surface area contributed by atoms with E-state index in [1.807, 2.05) is 11.4 Å². The lowest BCUT2D eigenvalue weighted by Crippen LogP contribution is -2.35. The molecule has 0 unspecified atom stereocenters. The van der Waals surface area contributed by atoms with E-state index >= 15 is 0 Å². The fourth-order valence-electron chi connectivity index (χ4n) is 2.66. The van der Waals surface area contributed by atoms with Crippen LogP contribution in [-0.2, 0) is 11.3 Å². The Labute approximate surface area is 156 Å². The molecule has 1 heterocycles. The molecular formula is C21H21FN2OS. The summed E-state index contributed by atoms with van der Waals surface area (Å²) in [6.07, 6.45) is 0. The second-order valence-electron chi connectivity index (χ2n) is 6.14. The Kier molecular flexibility index (Phi) is 6.15. The molecule has 1 aromatic heterocycles. The molecule has 3 aromatic rings. The summed E-state index contributed by atoms with van der Waals surface area (Å²) >= 11 is 1.66. The van der Waals surface area contributed by atoms with Crippen LogP contribution in [0.15, 0.2) is 66.0 Å². The highest BCUT2D eigenvalue weighted by Gasteiger charge is 2.16. The Morgan fingerprint density at radius 3 is 2.46 bits per heavy atom. The van der Waals surface area contributed by atoms with E-state index in [9.17, 15) is 9.18 Å². The van der Waals surface area contributed by atoms with Crippen molar-refractivity contribution in [3.8, 4) is 0 Å². The lowest BCUT2D eigenvalue weighted by atomic mass is 10.0. The molecule has 5 heteroatoms. The van der Waals surface area contributed by atoms with Gasteiger partial charge in [-0.1, -0.05) is 48.0 Å². The minimum Gasteiger partial charge on any atom is -0.351 e. The van der Waals surface area contributed by atoms with Gasteiger partial charge in [0.1, 0.15) is 5.82 Å². The van der Waals surface area contributed by atoms with Crippen LogP contribution in [0.1, 0.15) is 27.6 Å². The molecule has 0 saturated carbocycles. The largest absolute Gasteiger partial charge is 0.351 e. The summed E-state index contributed by atoms with van der Waals surface area (Å²) < 4.78 is 12.9. The summed E-state index contributed by atoms with van der Waals surface area (Å²) in [4.78, 5) is 13.4. The Balaban J connectivity index is 1.59. The molecule has 0 bridgehead atoms. The minimum absolute atomic E-state index is 0.0211. The van der Waals surface area contributed by atoms with Crippen LogP contribution in [0.25, 0.3) is 0 Å². The van der Waals surface area contributed by atoms with Crippen LogP contribution in [0.2, 0.25) is 0 Å². The molecule has 0 aliphatic rings. The van der Waals surface area contributed by atoms with Gasteiger partial charge < -0.3 is 5.32 Å². The number of halogens is 1. The first-order valence-electron chi connectivity index (χ1n) is 8.46. The van der Waals surface area contributed by atoms with Crippen LogP contribution in [0.4, 0.5) is 4.39 Å². The van der Waals surface area contributed by atoms with E-state index < -0.39 is 0 Å². The van der Waals surface area contributed by atoms with Crippen molar-refractivity contribution >= 4 is 17.2 Å². The molecule has 2 aromatic carbocycles. The van der Waals surface area contributed by atoms with Gasteiger partial charge in [-0.15, -0.1) is 11.3 Å². The molecule has 2 N–H and O–H groups in total. The van der Waals surface area contributed by atoms with Crippen molar-refractivity contribution in [3.63, 3.8) is 0 Å². The summed E-state index contributed by atoms with van der Waals surface area (Å²) in [6.45, 7) is 2.65. The van der Waals surface area contributed by atoms with Crippen molar-refractivity contribution in [3.05, 3.63) is 93.4 Å². The third kappa shape index (κ3) is 5.00. The smallest absolute Gasteiger partial charge is 0.234 e. The first kappa shape index (κ1) is 18.3. The number of thiophene rings is 1. The molecule has 3 nitrogen and oxygen atoms in total. The van der Waals surface area contributed by atoms with Crippen molar-refractivity contribution in [1.82, 2.24) is 10.6 Å². The predicted molar refractivity (Wildman–Crippen MR) is 104 cm³/mol. The number of hydrogen-bond donors (Lipinski definition) is 2. The van der Waals surface area contributed by atoms with Crippen LogP contribution in [0, 0.1) is 12.7 Å². The van der Waals surface area contributed by atoms with E-state index in [1.165, 1.54) is 22.6 Å². The fourth-order valence-corrected chi connectivity index (χ4v) is 3.48. The maximum Gasteiger partial charge on any atom is 0.234 e. The Morgan fingerprint density at radius 1 is 1.08 bits per heavy atom. The van der Waals surface area contributed by atoms with Crippen molar-refractivity contribution in [2.75, 3.05) is 6.54 Å². The number of hydrogen-bond acceptors (Lipinski definition) is 3. The Hall–Kier alpha value is -2.50. The highest BCUT2D eigenvalue weighted by atomic mass is 32.1. The quantitative estimate of drug-likeness (QED) is 0.656. The number of carbonyl (C=O) groups is 1. The summed E-state index contributed by atoms with van der Waals surface area (Å²) in [5, 5.41) is 8.24. The van der Waals surface area contributed by atoms with E-state index in [0.29, 0.717) is 6.54 Å². The monoisotopic (exact) mass is 368 g/mol. The summed E-state index contributed by atoms with van der Waals surface area (Å²) in [7, 11) is 0. The number of benzene rings is 2. The lowest BCUT2D eigenvalue weighted by Gasteiger charge is -2.18. The third-order valence-electron chi connectivity index (χ3n) is 4.11. The molecule has 26 heavy (non-hydrogen) atoms. The van der Waals surface area contributed by atoms with E-state index in [-0.39, 0.29) is 24.3 Å². The van der Waals surface area contributed by atoms with Crippen molar-refractivity contribution in [1.29, 1.82) is 0 Å². The van der Waals surface area contributed by atoms with E-state index in [1.54, 1.807) is 23.5 Å². The van der Waals surface area contributed by atoms with Crippen molar-refractivity contribution < 1.29 is 9.18 Å². The third-order valence-corrected chi connectivity index (χ3v) is 5.05. The molecule has 0 saturated heterocycles. The van der Waals surface area contributed by atoms with Gasteiger partial charge in [-0.3, -0.25) is 10.1 Å². The molecular weight excluding hydrogens is 347 g/mol. The maximum atomic E-state index is 12.9. The van der Waals surface area contributed by atoms with E-state index in [0.717, 1.165) is 11.1 Å². The Morgan fingerprint density at radius 2 is 1.81 bits per heavy atom. The van der Waals surface area contributed by atoms with E-state index in [2.05, 4.69) is 47.9 Å². The van der Waals surface area contributed by atoms with Crippen LogP contribution < -0.4 is 10.6 Å². The second-order valence-corrected chi connectivity index (χ2v) is 7.12. The highest BCUT2D eigenvalue weighted by Crippen LogP contribution is 2.26. The molecule has 0 aliphatic heterocycles. The van der Waals surface area contributed by atoms with Gasteiger partial charge in [0, 0.05) is 11.4 Å². The van der Waals surface area contributed by atoms with Gasteiger partial charge in [-0.25, -0.2) is 4.39 Å². The molecule has 1 atom stereocenters. The minimum atomic E-state index is -0.279. The number of aryl methyl sites for hydroxylation is 1. The number of nitrogens with one attached hydrogen (secondary N) is 2. The molecule has 0 radical (unpaired) electrons. The molecule has 0 aliphatic carbocycles. The number of amides is 1. The van der Waals surface area contributed by atoms with Gasteiger partial charge in [-0.2, -0.15) is 0 Å². The van der Waals surface area contributed by atoms with Crippen LogP contribution in [0.5, 0.6) is 0 Å². The van der Waals surface area contributed by atoms with Gasteiger partial charge in [0.25, 0.3) is 0 Å². The van der Waals surface area contributed by atoms with Crippen LogP contribution >= 0.6 is 11.3 Å². The van der Waals surface area contributed by atoms with Crippen LogP contribution in [0.3, 0.4) is 0 Å². The fraction of sp³-hybridized carbons (Fsp3) is 0.190. The standard InChI is InChI=1S/C21H21FN2OS/c1-15-4-8-17(9-5-15)21(19-3-2-12-26-19)24-14-20(25)23-13-16-6-10-18(22)11-7-16/h2-12,21,24H,13-14H2,1H3,(H,23,25)/t21-/m1/s1. The predicted octanol–water partition coefficient (Wildman–Crippen LogP) is 4.19. The first-order chi connectivity index (χ1) is 12.6. The Bertz CT molecular complexity index is 829. The first-order valence-corrected chi connectivity index (χ1v) is 9.34. The molecule has 0 fully saturated rings. The molecule has 134 valence electrons. The van der Waals surface area contributed by atoms with Crippen LogP contribution in [-0.4, -0.2) is 12.5 Å². The van der Waals surface area contributed by atoms with Gasteiger partial charge in [0.15, 0.2) is 0 Å². The van der Waals surface area contributed by atoms with E-state index in [4.69, 9.17) is 0 Å². The highest BCUT2D eigenvalue weighted by molar-refractivity contribution is 7.10. The molecule has 3 rings (SSSR count). The average Bonchev–Trinajstić information content (AvgIpc) is 3.17. The number of rotatable bonds is 7. The lowest BCUT2D eigenvalue weighted by molar-refractivity contribution is -0.120. The second kappa shape index (κ2) is 8.74. The normalized spacial score (nSPS) is 11.9. The maximum absolute atomic E-state index is 12.9. The van der Waals surface area contributed by atoms with Gasteiger partial charge in [0.05, 0.1) is 12.6 Å². The van der Waals surface area contributed by atoms with Gasteiger partial charge >= 0.3 is 0 Å². The SMILES string of the molecule is Cc1ccc([C@@H](NCC(=O)NCc2ccc(F)cc2)c2cccs2)cc1. The zero-order chi connectivity index (χ0) is 18.4. The summed E-state index contributed by atoms with van der Waals surface area (Å²) in [5.74, 6) is -0.373. The summed E-state index contributed by atoms with van der Waals surface area (Å²) in [5.41, 5.74) is 3.20. The average molecular weight is 368 g/mol. The van der Waals surface area contributed by atoms with Crippen molar-refractivity contribution in [2.24, 2.45) is 0 Å². The zero-order valence-corrected chi connectivity index (χ0v) is 15.4. The topological polar surface area (TPSA) is 41.1 Å². The summed E-state index contributed by atoms with van der Waals surface area (Å²) in [6, 6.07) is 18.5. The van der Waals surface area contributed by atoms with Gasteiger partial charge in [0.2, 0.25) is 5.91 Å². The number of carbonyl (C=O) groups excluding carboxylic acids is 1. The molecule has 0 spiro atoms.